The average molecular weight is 376 g/mol. The Morgan fingerprint density at radius 1 is 1.11 bits per heavy atom. The smallest absolute Gasteiger partial charge is 0.294 e. The minimum absolute atomic E-state index is 0.0385. The van der Waals surface area contributed by atoms with E-state index in [4.69, 9.17) is 0 Å². The van der Waals surface area contributed by atoms with Gasteiger partial charge in [-0.3, -0.25) is 9.20 Å². The van der Waals surface area contributed by atoms with Crippen LogP contribution in [-0.2, 0) is 6.54 Å². The topological polar surface area (TPSA) is 63.1 Å². The standard InChI is InChI=1S/C21H14F2N4O/c22-7-8-26-9-10-27-19(13-25-20(27)21(26)28)14-5-6-18(23)17(11-14)16-4-2-1-3-15(16)12-24/h1-6,9-11,13H,7-8H2. The van der Waals surface area contributed by atoms with Gasteiger partial charge in [-0.2, -0.15) is 5.26 Å². The summed E-state index contributed by atoms with van der Waals surface area (Å²) in [6.45, 7) is -0.688. The van der Waals surface area contributed by atoms with E-state index in [1.165, 1.54) is 23.0 Å². The van der Waals surface area contributed by atoms with Crippen molar-refractivity contribution in [2.24, 2.45) is 0 Å². The van der Waals surface area contributed by atoms with Crippen LogP contribution in [0.5, 0.6) is 0 Å². The number of nitriles is 1. The van der Waals surface area contributed by atoms with Gasteiger partial charge in [0.1, 0.15) is 12.5 Å². The SMILES string of the molecule is N#Cc1ccccc1-c1cc(-c2cnc3c(=O)n(CCF)ccn23)ccc1F. The van der Waals surface area contributed by atoms with E-state index in [9.17, 15) is 18.8 Å². The molecule has 0 aliphatic rings. The van der Waals surface area contributed by atoms with E-state index in [2.05, 4.69) is 11.1 Å². The summed E-state index contributed by atoms with van der Waals surface area (Å²) in [6.07, 6.45) is 4.64. The summed E-state index contributed by atoms with van der Waals surface area (Å²) in [6, 6.07) is 13.4. The van der Waals surface area contributed by atoms with Crippen molar-refractivity contribution >= 4 is 5.65 Å². The maximum atomic E-state index is 14.5. The number of imidazole rings is 1. The van der Waals surface area contributed by atoms with Gasteiger partial charge in [0.25, 0.3) is 5.56 Å². The zero-order chi connectivity index (χ0) is 19.7. The van der Waals surface area contributed by atoms with Gasteiger partial charge in [0, 0.05) is 29.1 Å². The molecule has 0 N–H and O–H groups in total. The van der Waals surface area contributed by atoms with Gasteiger partial charge in [0.05, 0.1) is 30.1 Å². The molecule has 0 aliphatic carbocycles. The number of hydrogen-bond acceptors (Lipinski definition) is 3. The molecule has 138 valence electrons. The molecule has 2 heterocycles. The van der Waals surface area contributed by atoms with E-state index in [1.54, 1.807) is 47.0 Å². The Hall–Kier alpha value is -3.79. The molecule has 0 unspecified atom stereocenters. The zero-order valence-electron chi connectivity index (χ0n) is 14.6. The van der Waals surface area contributed by atoms with Crippen LogP contribution >= 0.6 is 0 Å². The summed E-state index contributed by atoms with van der Waals surface area (Å²) in [5.74, 6) is -0.453. The minimum atomic E-state index is -0.650. The van der Waals surface area contributed by atoms with Crippen LogP contribution < -0.4 is 5.56 Å². The number of nitrogens with zero attached hydrogens (tertiary/aromatic N) is 4. The fourth-order valence-electron chi connectivity index (χ4n) is 3.20. The van der Waals surface area contributed by atoms with Crippen molar-refractivity contribution in [1.29, 1.82) is 5.26 Å². The monoisotopic (exact) mass is 376 g/mol. The molecule has 0 spiro atoms. The van der Waals surface area contributed by atoms with Crippen LogP contribution in [0, 0.1) is 17.1 Å². The van der Waals surface area contributed by atoms with Gasteiger partial charge >= 0.3 is 0 Å². The van der Waals surface area contributed by atoms with Gasteiger partial charge in [-0.25, -0.2) is 13.8 Å². The Kier molecular flexibility index (Phi) is 4.45. The summed E-state index contributed by atoms with van der Waals surface area (Å²) in [5, 5.41) is 9.32. The second-order valence-corrected chi connectivity index (χ2v) is 6.17. The van der Waals surface area contributed by atoms with Gasteiger partial charge in [0.2, 0.25) is 5.65 Å². The lowest BCUT2D eigenvalue weighted by Crippen LogP contribution is -2.22. The number of halogens is 2. The van der Waals surface area contributed by atoms with Crippen LogP contribution in [-0.4, -0.2) is 20.6 Å². The number of aromatic nitrogens is 3. The van der Waals surface area contributed by atoms with E-state index in [0.717, 1.165) is 0 Å². The number of benzene rings is 2. The second-order valence-electron chi connectivity index (χ2n) is 6.17. The first-order chi connectivity index (χ1) is 13.6. The van der Waals surface area contributed by atoms with Crippen molar-refractivity contribution < 1.29 is 8.78 Å². The number of rotatable bonds is 4. The summed E-state index contributed by atoms with van der Waals surface area (Å²) < 4.78 is 29.9. The van der Waals surface area contributed by atoms with Gasteiger partial charge in [-0.15, -0.1) is 0 Å². The van der Waals surface area contributed by atoms with Crippen molar-refractivity contribution in [2.75, 3.05) is 6.67 Å². The van der Waals surface area contributed by atoms with E-state index in [-0.39, 0.29) is 17.8 Å². The molecule has 2 aromatic heterocycles. The first-order valence-corrected chi connectivity index (χ1v) is 8.56. The zero-order valence-corrected chi connectivity index (χ0v) is 14.6. The number of hydrogen-bond donors (Lipinski definition) is 0. The molecule has 2 aromatic carbocycles. The van der Waals surface area contributed by atoms with Gasteiger partial charge in [-0.05, 0) is 24.3 Å². The first-order valence-electron chi connectivity index (χ1n) is 8.56. The van der Waals surface area contributed by atoms with Crippen LogP contribution in [0.4, 0.5) is 8.78 Å². The normalized spacial score (nSPS) is 10.9. The summed E-state index contributed by atoms with van der Waals surface area (Å²) in [7, 11) is 0. The fraction of sp³-hybridized carbons (Fsp3) is 0.0952. The predicted octanol–water partition coefficient (Wildman–Crippen LogP) is 3.81. The molecule has 0 saturated heterocycles. The third-order valence-corrected chi connectivity index (χ3v) is 4.57. The molecule has 5 nitrogen and oxygen atoms in total. The average Bonchev–Trinajstić information content (AvgIpc) is 3.15. The largest absolute Gasteiger partial charge is 0.308 e. The van der Waals surface area contributed by atoms with Crippen LogP contribution in [0.15, 0.2) is 65.8 Å². The van der Waals surface area contributed by atoms with Gasteiger partial charge < -0.3 is 4.57 Å². The van der Waals surface area contributed by atoms with Crippen LogP contribution in [0.1, 0.15) is 5.56 Å². The maximum Gasteiger partial charge on any atom is 0.294 e. The molecule has 28 heavy (non-hydrogen) atoms. The molecule has 0 bridgehead atoms. The molecule has 7 heteroatoms. The third kappa shape index (κ3) is 2.85. The van der Waals surface area contributed by atoms with Crippen molar-refractivity contribution in [2.45, 2.75) is 6.54 Å². The predicted molar refractivity (Wildman–Crippen MR) is 101 cm³/mol. The third-order valence-electron chi connectivity index (χ3n) is 4.57. The Balaban J connectivity index is 1.89. The molecule has 4 rings (SSSR count). The van der Waals surface area contributed by atoms with E-state index < -0.39 is 18.1 Å². The molecule has 0 fully saturated rings. The molecular formula is C21H14F2N4O. The van der Waals surface area contributed by atoms with Gasteiger partial charge in [-0.1, -0.05) is 18.2 Å². The molecule has 0 radical (unpaired) electrons. The lowest BCUT2D eigenvalue weighted by molar-refractivity contribution is 0.440. The molecule has 0 aliphatic heterocycles. The molecule has 0 amide bonds. The van der Waals surface area contributed by atoms with E-state index >= 15 is 0 Å². The lowest BCUT2D eigenvalue weighted by atomic mass is 9.97. The molecule has 4 aromatic rings. The fourth-order valence-corrected chi connectivity index (χ4v) is 3.20. The minimum Gasteiger partial charge on any atom is -0.308 e. The van der Waals surface area contributed by atoms with Crippen molar-refractivity contribution in [3.8, 4) is 28.5 Å². The Morgan fingerprint density at radius 3 is 2.71 bits per heavy atom. The van der Waals surface area contributed by atoms with E-state index in [1.807, 2.05) is 0 Å². The number of alkyl halides is 1. The second kappa shape index (κ2) is 7.08. The van der Waals surface area contributed by atoms with E-state index in [0.29, 0.717) is 22.4 Å². The molecule has 0 saturated carbocycles. The Bertz CT molecular complexity index is 1280. The lowest BCUT2D eigenvalue weighted by Gasteiger charge is -2.09. The summed E-state index contributed by atoms with van der Waals surface area (Å²) in [5.41, 5.74) is 2.14. The van der Waals surface area contributed by atoms with Crippen molar-refractivity contribution in [1.82, 2.24) is 14.0 Å². The number of fused-ring (bicyclic) bond motifs is 1. The highest BCUT2D eigenvalue weighted by atomic mass is 19.1. The summed E-state index contributed by atoms with van der Waals surface area (Å²) in [4.78, 5) is 16.6. The van der Waals surface area contributed by atoms with Crippen LogP contribution in [0.25, 0.3) is 28.0 Å². The van der Waals surface area contributed by atoms with Crippen molar-refractivity contribution in [3.63, 3.8) is 0 Å². The van der Waals surface area contributed by atoms with Crippen LogP contribution in [0.3, 0.4) is 0 Å². The first kappa shape index (κ1) is 17.6. The Labute approximate surface area is 158 Å². The van der Waals surface area contributed by atoms with Crippen molar-refractivity contribution in [3.05, 3.63) is 82.8 Å². The molecule has 0 atom stereocenters. The molecular weight excluding hydrogens is 362 g/mol. The highest BCUT2D eigenvalue weighted by molar-refractivity contribution is 5.76. The quantitative estimate of drug-likeness (QED) is 0.544. The van der Waals surface area contributed by atoms with Gasteiger partial charge in [0.15, 0.2) is 0 Å². The summed E-state index contributed by atoms with van der Waals surface area (Å²) >= 11 is 0. The van der Waals surface area contributed by atoms with Crippen LogP contribution in [0.2, 0.25) is 0 Å². The highest BCUT2D eigenvalue weighted by Crippen LogP contribution is 2.30. The number of aryl methyl sites for hydroxylation is 1. The Morgan fingerprint density at radius 2 is 1.93 bits per heavy atom. The maximum absolute atomic E-state index is 14.5. The highest BCUT2D eigenvalue weighted by Gasteiger charge is 2.14.